The van der Waals surface area contributed by atoms with E-state index in [-0.39, 0.29) is 12.5 Å². The molecule has 0 heterocycles. The molecule has 7 nitrogen and oxygen atoms in total. The number of hydrogen-bond acceptors (Lipinski definition) is 4. The second-order valence-electron chi connectivity index (χ2n) is 5.53. The molecule has 0 unspecified atom stereocenters. The Morgan fingerprint density at radius 1 is 1.04 bits per heavy atom. The van der Waals surface area contributed by atoms with E-state index in [0.29, 0.717) is 11.8 Å². The molecule has 0 aliphatic heterocycles. The summed E-state index contributed by atoms with van der Waals surface area (Å²) in [4.78, 5) is 30.9. The van der Waals surface area contributed by atoms with Crippen LogP contribution in [0.15, 0.2) is 0 Å². The van der Waals surface area contributed by atoms with E-state index < -0.39 is 30.1 Å². The van der Waals surface area contributed by atoms with Crippen LogP contribution in [0.4, 0.5) is 13.2 Å². The molecule has 23 heavy (non-hydrogen) atoms. The number of nitrogens with two attached hydrogens (primary N) is 1. The predicted molar refractivity (Wildman–Crippen MR) is 75.5 cm³/mol. The van der Waals surface area contributed by atoms with Gasteiger partial charge in [0.2, 0.25) is 5.91 Å². The molecule has 0 aromatic carbocycles. The summed E-state index contributed by atoms with van der Waals surface area (Å²) in [5.74, 6) is -3.63. The lowest BCUT2D eigenvalue weighted by Crippen LogP contribution is -2.49. The van der Waals surface area contributed by atoms with Crippen molar-refractivity contribution in [3.8, 4) is 0 Å². The third-order valence-electron chi connectivity index (χ3n) is 2.72. The monoisotopic (exact) mass is 344 g/mol. The first-order valence-corrected chi connectivity index (χ1v) is 6.78. The molecule has 0 aliphatic carbocycles. The number of aliphatic carboxylic acids is 2. The quantitative estimate of drug-likeness (QED) is 0.573. The van der Waals surface area contributed by atoms with Crippen LogP contribution in [0.5, 0.6) is 0 Å². The fourth-order valence-electron chi connectivity index (χ4n) is 1.66. The van der Waals surface area contributed by atoms with E-state index >= 15 is 0 Å². The number of halogens is 3. The van der Waals surface area contributed by atoms with E-state index in [2.05, 4.69) is 5.32 Å². The summed E-state index contributed by atoms with van der Waals surface area (Å²) in [5, 5.41) is 18.4. The molecule has 0 rings (SSSR count). The molecule has 0 aliphatic rings. The fraction of sp³-hybridized carbons (Fsp3) is 0.769. The predicted octanol–water partition coefficient (Wildman–Crippen LogP) is 1.22. The van der Waals surface area contributed by atoms with Crippen molar-refractivity contribution in [2.45, 2.75) is 52.4 Å². The minimum absolute atomic E-state index is 0.0207. The van der Waals surface area contributed by atoms with E-state index in [4.69, 9.17) is 20.7 Å². The van der Waals surface area contributed by atoms with Crippen molar-refractivity contribution in [1.29, 1.82) is 0 Å². The molecule has 0 fully saturated rings. The molecule has 10 heteroatoms. The molecule has 0 spiro atoms. The van der Waals surface area contributed by atoms with Gasteiger partial charge in [0.05, 0.1) is 12.5 Å². The van der Waals surface area contributed by atoms with Crippen LogP contribution < -0.4 is 11.1 Å². The van der Waals surface area contributed by atoms with Crippen LogP contribution in [0.3, 0.4) is 0 Å². The van der Waals surface area contributed by atoms with Crippen LogP contribution in [0.2, 0.25) is 0 Å². The van der Waals surface area contributed by atoms with Gasteiger partial charge in [0.15, 0.2) is 0 Å². The van der Waals surface area contributed by atoms with Gasteiger partial charge in [-0.05, 0) is 11.8 Å². The zero-order valence-corrected chi connectivity index (χ0v) is 13.3. The van der Waals surface area contributed by atoms with E-state index in [1.165, 1.54) is 0 Å². The number of carbonyl (C=O) groups excluding carboxylic acids is 1. The van der Waals surface area contributed by atoms with Gasteiger partial charge in [-0.25, -0.2) is 4.79 Å². The Balaban J connectivity index is 0. The lowest BCUT2D eigenvalue weighted by Gasteiger charge is -2.27. The number of carboxylic acid groups (broad SMARTS) is 2. The van der Waals surface area contributed by atoms with Crippen molar-refractivity contribution in [2.24, 2.45) is 17.6 Å². The number of nitrogens with one attached hydrogen (secondary N) is 1. The van der Waals surface area contributed by atoms with Gasteiger partial charge in [-0.15, -0.1) is 0 Å². The van der Waals surface area contributed by atoms with Crippen LogP contribution in [0.25, 0.3) is 0 Å². The van der Waals surface area contributed by atoms with Gasteiger partial charge in [0.25, 0.3) is 0 Å². The van der Waals surface area contributed by atoms with Gasteiger partial charge in [-0.2, -0.15) is 13.2 Å². The zero-order chi connectivity index (χ0) is 19.0. The van der Waals surface area contributed by atoms with Crippen LogP contribution in [-0.4, -0.2) is 46.3 Å². The Labute approximate surface area is 132 Å². The maximum atomic E-state index is 11.6. The van der Waals surface area contributed by atoms with E-state index in [1.807, 2.05) is 27.7 Å². The molecule has 5 N–H and O–H groups in total. The van der Waals surface area contributed by atoms with Gasteiger partial charge in [-0.1, -0.05) is 27.7 Å². The van der Waals surface area contributed by atoms with Crippen molar-refractivity contribution in [3.05, 3.63) is 0 Å². The average Bonchev–Trinajstić information content (AvgIpc) is 2.33. The van der Waals surface area contributed by atoms with Gasteiger partial charge < -0.3 is 21.3 Å². The highest BCUT2D eigenvalue weighted by molar-refractivity contribution is 5.86. The topological polar surface area (TPSA) is 130 Å². The number of alkyl halides is 3. The minimum Gasteiger partial charge on any atom is -0.481 e. The first-order chi connectivity index (χ1) is 10.2. The van der Waals surface area contributed by atoms with E-state index in [1.54, 1.807) is 0 Å². The van der Waals surface area contributed by atoms with Crippen molar-refractivity contribution >= 4 is 17.8 Å². The minimum atomic E-state index is -5.08. The highest BCUT2D eigenvalue weighted by Crippen LogP contribution is 2.13. The largest absolute Gasteiger partial charge is 0.490 e. The number of carboxylic acids is 2. The summed E-state index contributed by atoms with van der Waals surface area (Å²) < 4.78 is 31.7. The Bertz CT molecular complexity index is 403. The number of rotatable bonds is 6. The second kappa shape index (κ2) is 10.0. The van der Waals surface area contributed by atoms with E-state index in [0.717, 1.165) is 0 Å². The third kappa shape index (κ3) is 11.4. The summed E-state index contributed by atoms with van der Waals surface area (Å²) in [6.07, 6.45) is -5.42. The second-order valence-corrected chi connectivity index (χ2v) is 5.53. The van der Waals surface area contributed by atoms with Gasteiger partial charge in [0.1, 0.15) is 0 Å². The number of amides is 1. The molecule has 1 amide bonds. The summed E-state index contributed by atoms with van der Waals surface area (Å²) >= 11 is 0. The van der Waals surface area contributed by atoms with Gasteiger partial charge in [0, 0.05) is 6.04 Å². The molecule has 0 bridgehead atoms. The Hall–Kier alpha value is -1.84. The lowest BCUT2D eigenvalue weighted by atomic mass is 9.93. The Kier molecular flexibility index (Phi) is 10.2. The highest BCUT2D eigenvalue weighted by atomic mass is 19.4. The molecule has 0 aromatic rings. The zero-order valence-electron chi connectivity index (χ0n) is 13.3. The fourth-order valence-corrected chi connectivity index (χ4v) is 1.66. The van der Waals surface area contributed by atoms with Crippen LogP contribution in [0.1, 0.15) is 34.1 Å². The smallest absolute Gasteiger partial charge is 0.481 e. The normalized spacial score (nSPS) is 12.7. The van der Waals surface area contributed by atoms with E-state index in [9.17, 15) is 22.8 Å². The standard InChI is InChI=1S/C11H22N2O3.C2HF3O2/c1-6(2)10(7(3)4)13-11(16)8(12)5-9(14)15;3-2(4,5)1(6)7/h6-8,10H,5,12H2,1-4H3,(H,13,16)(H,14,15);(H,6,7)/t8-;/m0./s1. The van der Waals surface area contributed by atoms with Crippen molar-refractivity contribution in [1.82, 2.24) is 5.32 Å². The summed E-state index contributed by atoms with van der Waals surface area (Å²) in [6, 6.07) is -0.954. The van der Waals surface area contributed by atoms with Gasteiger partial charge in [-0.3, -0.25) is 9.59 Å². The maximum Gasteiger partial charge on any atom is 0.490 e. The molecular formula is C13H23F3N2O5. The SMILES string of the molecule is CC(C)C(NC(=O)[C@@H](N)CC(=O)O)C(C)C.O=C(O)C(F)(F)F. The molecule has 136 valence electrons. The Morgan fingerprint density at radius 3 is 1.61 bits per heavy atom. The molecule has 0 aromatic heterocycles. The van der Waals surface area contributed by atoms with Crippen LogP contribution >= 0.6 is 0 Å². The summed E-state index contributed by atoms with van der Waals surface area (Å²) in [6.45, 7) is 8.03. The molecular weight excluding hydrogens is 321 g/mol. The van der Waals surface area contributed by atoms with Crippen LogP contribution in [0, 0.1) is 11.8 Å². The summed E-state index contributed by atoms with van der Waals surface area (Å²) in [5.41, 5.74) is 5.47. The third-order valence-corrected chi connectivity index (χ3v) is 2.72. The Morgan fingerprint density at radius 2 is 1.39 bits per heavy atom. The number of carbonyl (C=O) groups is 3. The highest BCUT2D eigenvalue weighted by Gasteiger charge is 2.38. The number of hydrogen-bond donors (Lipinski definition) is 4. The maximum absolute atomic E-state index is 11.6. The first-order valence-electron chi connectivity index (χ1n) is 6.78. The van der Waals surface area contributed by atoms with Gasteiger partial charge >= 0.3 is 18.1 Å². The molecule has 0 saturated heterocycles. The summed E-state index contributed by atoms with van der Waals surface area (Å²) in [7, 11) is 0. The average molecular weight is 344 g/mol. The van der Waals surface area contributed by atoms with Crippen molar-refractivity contribution in [3.63, 3.8) is 0 Å². The van der Waals surface area contributed by atoms with Crippen molar-refractivity contribution in [2.75, 3.05) is 0 Å². The first kappa shape index (κ1) is 23.4. The van der Waals surface area contributed by atoms with Crippen LogP contribution in [-0.2, 0) is 14.4 Å². The lowest BCUT2D eigenvalue weighted by molar-refractivity contribution is -0.192. The molecule has 0 radical (unpaired) electrons. The molecule has 0 saturated carbocycles. The molecule has 1 atom stereocenters. The van der Waals surface area contributed by atoms with Crippen molar-refractivity contribution < 1.29 is 37.8 Å².